The molecule has 0 N–H and O–H groups in total. The lowest BCUT2D eigenvalue weighted by molar-refractivity contribution is 0.0600. The summed E-state index contributed by atoms with van der Waals surface area (Å²) in [5, 5.41) is 0. The first-order chi connectivity index (χ1) is 8.22. The van der Waals surface area contributed by atoms with Crippen molar-refractivity contribution >= 4 is 5.97 Å². The van der Waals surface area contributed by atoms with Gasteiger partial charge >= 0.3 is 5.97 Å². The Balaban J connectivity index is 2.23. The van der Waals surface area contributed by atoms with E-state index in [0.717, 1.165) is 0 Å². The molecule has 2 aromatic rings. The molecule has 0 amide bonds. The highest BCUT2D eigenvalue weighted by molar-refractivity contribution is 5.89. The van der Waals surface area contributed by atoms with Crippen LogP contribution >= 0.6 is 0 Å². The third-order valence-corrected chi connectivity index (χ3v) is 2.86. The van der Waals surface area contributed by atoms with Crippen molar-refractivity contribution in [3.05, 3.63) is 59.9 Å². The fourth-order valence-electron chi connectivity index (χ4n) is 1.80. The Hall–Kier alpha value is -2.03. The predicted molar refractivity (Wildman–Crippen MR) is 66.0 cm³/mol. The Bertz CT molecular complexity index is 502. The zero-order valence-electron chi connectivity index (χ0n) is 9.96. The van der Waals surface area contributed by atoms with Gasteiger partial charge in [-0.15, -0.1) is 0 Å². The SMILES string of the molecule is COC(=O)c1ccn([C@H](C)c2ccccc2)c1. The van der Waals surface area contributed by atoms with Gasteiger partial charge in [0.25, 0.3) is 0 Å². The Morgan fingerprint density at radius 2 is 1.94 bits per heavy atom. The molecule has 0 saturated heterocycles. The lowest BCUT2D eigenvalue weighted by Crippen LogP contribution is -2.05. The molecule has 0 aliphatic heterocycles. The molecule has 0 spiro atoms. The van der Waals surface area contributed by atoms with Crippen molar-refractivity contribution in [2.45, 2.75) is 13.0 Å². The van der Waals surface area contributed by atoms with Crippen molar-refractivity contribution in [1.82, 2.24) is 4.57 Å². The minimum absolute atomic E-state index is 0.203. The molecule has 0 aliphatic carbocycles. The van der Waals surface area contributed by atoms with E-state index < -0.39 is 0 Å². The van der Waals surface area contributed by atoms with Gasteiger partial charge in [0.05, 0.1) is 18.7 Å². The first kappa shape index (κ1) is 11.5. The predicted octanol–water partition coefficient (Wildman–Crippen LogP) is 2.88. The van der Waals surface area contributed by atoms with Gasteiger partial charge in [-0.3, -0.25) is 0 Å². The molecule has 1 aromatic heterocycles. The van der Waals surface area contributed by atoms with Crippen molar-refractivity contribution in [2.24, 2.45) is 0 Å². The van der Waals surface area contributed by atoms with Gasteiger partial charge in [0, 0.05) is 12.4 Å². The maximum atomic E-state index is 11.4. The first-order valence-electron chi connectivity index (χ1n) is 5.53. The highest BCUT2D eigenvalue weighted by Gasteiger charge is 2.11. The molecule has 0 unspecified atom stereocenters. The minimum Gasteiger partial charge on any atom is -0.465 e. The third-order valence-electron chi connectivity index (χ3n) is 2.86. The number of esters is 1. The number of hydrogen-bond donors (Lipinski definition) is 0. The fourth-order valence-corrected chi connectivity index (χ4v) is 1.80. The summed E-state index contributed by atoms with van der Waals surface area (Å²) in [7, 11) is 1.39. The van der Waals surface area contributed by atoms with Crippen LogP contribution in [-0.4, -0.2) is 17.6 Å². The van der Waals surface area contributed by atoms with E-state index in [0.29, 0.717) is 5.56 Å². The molecule has 3 nitrogen and oxygen atoms in total. The van der Waals surface area contributed by atoms with E-state index in [1.807, 2.05) is 35.2 Å². The summed E-state index contributed by atoms with van der Waals surface area (Å²) in [6.07, 6.45) is 3.70. The van der Waals surface area contributed by atoms with E-state index in [1.165, 1.54) is 12.7 Å². The lowest BCUT2D eigenvalue weighted by Gasteiger charge is -2.13. The Labute approximate surface area is 101 Å². The molecule has 17 heavy (non-hydrogen) atoms. The zero-order valence-corrected chi connectivity index (χ0v) is 9.96. The van der Waals surface area contributed by atoms with Crippen molar-refractivity contribution < 1.29 is 9.53 Å². The minimum atomic E-state index is -0.302. The van der Waals surface area contributed by atoms with Crippen LogP contribution in [0.15, 0.2) is 48.8 Å². The van der Waals surface area contributed by atoms with E-state index in [9.17, 15) is 4.79 Å². The van der Waals surface area contributed by atoms with Crippen molar-refractivity contribution in [3.63, 3.8) is 0 Å². The summed E-state index contributed by atoms with van der Waals surface area (Å²) in [6.45, 7) is 2.09. The number of nitrogens with zero attached hydrogens (tertiary/aromatic N) is 1. The molecule has 2 rings (SSSR count). The largest absolute Gasteiger partial charge is 0.465 e. The van der Waals surface area contributed by atoms with Gasteiger partial charge in [0.15, 0.2) is 0 Å². The number of carbonyl (C=O) groups is 1. The van der Waals surface area contributed by atoms with Crippen molar-refractivity contribution in [2.75, 3.05) is 7.11 Å². The smallest absolute Gasteiger partial charge is 0.339 e. The van der Waals surface area contributed by atoms with E-state index in [2.05, 4.69) is 23.8 Å². The molecule has 0 radical (unpaired) electrons. The van der Waals surface area contributed by atoms with Crippen LogP contribution in [0.4, 0.5) is 0 Å². The van der Waals surface area contributed by atoms with Crippen LogP contribution in [0.3, 0.4) is 0 Å². The Kier molecular flexibility index (Phi) is 3.28. The van der Waals surface area contributed by atoms with Crippen LogP contribution in [0.25, 0.3) is 0 Å². The highest BCUT2D eigenvalue weighted by atomic mass is 16.5. The van der Waals surface area contributed by atoms with E-state index in [-0.39, 0.29) is 12.0 Å². The second-order valence-electron chi connectivity index (χ2n) is 3.93. The second-order valence-corrected chi connectivity index (χ2v) is 3.93. The van der Waals surface area contributed by atoms with E-state index >= 15 is 0 Å². The Morgan fingerprint density at radius 3 is 2.59 bits per heavy atom. The monoisotopic (exact) mass is 229 g/mol. The van der Waals surface area contributed by atoms with Crippen LogP contribution in [0.5, 0.6) is 0 Å². The highest BCUT2D eigenvalue weighted by Crippen LogP contribution is 2.18. The summed E-state index contributed by atoms with van der Waals surface area (Å²) in [6, 6.07) is 12.1. The van der Waals surface area contributed by atoms with Crippen LogP contribution in [0.1, 0.15) is 28.9 Å². The van der Waals surface area contributed by atoms with Gasteiger partial charge in [-0.25, -0.2) is 4.79 Å². The van der Waals surface area contributed by atoms with E-state index in [4.69, 9.17) is 0 Å². The molecule has 0 aliphatic rings. The maximum absolute atomic E-state index is 11.4. The summed E-state index contributed by atoms with van der Waals surface area (Å²) in [5.74, 6) is -0.302. The Morgan fingerprint density at radius 1 is 1.24 bits per heavy atom. The van der Waals surface area contributed by atoms with Gasteiger partial charge in [-0.05, 0) is 18.6 Å². The topological polar surface area (TPSA) is 31.2 Å². The average molecular weight is 229 g/mol. The molecule has 0 saturated carbocycles. The quantitative estimate of drug-likeness (QED) is 0.758. The number of carbonyl (C=O) groups excluding carboxylic acids is 1. The number of benzene rings is 1. The molecule has 1 aromatic carbocycles. The number of rotatable bonds is 3. The zero-order chi connectivity index (χ0) is 12.3. The van der Waals surface area contributed by atoms with Gasteiger partial charge in [-0.1, -0.05) is 30.3 Å². The molecule has 1 heterocycles. The van der Waals surface area contributed by atoms with Crippen LogP contribution in [0.2, 0.25) is 0 Å². The number of hydrogen-bond acceptors (Lipinski definition) is 2. The summed E-state index contributed by atoms with van der Waals surface area (Å²) < 4.78 is 6.68. The lowest BCUT2D eigenvalue weighted by atomic mass is 10.1. The summed E-state index contributed by atoms with van der Waals surface area (Å²) in [4.78, 5) is 11.4. The maximum Gasteiger partial charge on any atom is 0.339 e. The van der Waals surface area contributed by atoms with Gasteiger partial charge < -0.3 is 9.30 Å². The number of ether oxygens (including phenoxy) is 1. The van der Waals surface area contributed by atoms with Crippen LogP contribution in [0, 0.1) is 0 Å². The molecule has 0 bridgehead atoms. The average Bonchev–Trinajstić information content (AvgIpc) is 2.87. The fraction of sp³-hybridized carbons (Fsp3) is 0.214. The van der Waals surface area contributed by atoms with Crippen molar-refractivity contribution in [3.8, 4) is 0 Å². The van der Waals surface area contributed by atoms with Crippen LogP contribution < -0.4 is 0 Å². The normalized spacial score (nSPS) is 12.1. The molecule has 3 heteroatoms. The van der Waals surface area contributed by atoms with Crippen LogP contribution in [-0.2, 0) is 4.74 Å². The molecule has 1 atom stereocenters. The van der Waals surface area contributed by atoms with Gasteiger partial charge in [-0.2, -0.15) is 0 Å². The summed E-state index contributed by atoms with van der Waals surface area (Å²) >= 11 is 0. The number of aromatic nitrogens is 1. The number of methoxy groups -OCH3 is 1. The van der Waals surface area contributed by atoms with Gasteiger partial charge in [0.2, 0.25) is 0 Å². The van der Waals surface area contributed by atoms with Crippen molar-refractivity contribution in [1.29, 1.82) is 0 Å². The second kappa shape index (κ2) is 4.87. The molecule has 0 fully saturated rings. The molecular weight excluding hydrogens is 214 g/mol. The third kappa shape index (κ3) is 2.38. The standard InChI is InChI=1S/C14H15NO2/c1-11(12-6-4-3-5-7-12)15-9-8-13(10-15)14(16)17-2/h3-11H,1-2H3/t11-/m1/s1. The molecule has 88 valence electrons. The first-order valence-corrected chi connectivity index (χ1v) is 5.53. The van der Waals surface area contributed by atoms with Gasteiger partial charge in [0.1, 0.15) is 0 Å². The van der Waals surface area contributed by atoms with E-state index in [1.54, 1.807) is 6.07 Å². The summed E-state index contributed by atoms with van der Waals surface area (Å²) in [5.41, 5.74) is 1.79. The molecular formula is C14H15NO2.